The molecule has 0 saturated heterocycles. The Morgan fingerprint density at radius 3 is 2.76 bits per heavy atom. The van der Waals surface area contributed by atoms with Gasteiger partial charge < -0.3 is 15.7 Å². The summed E-state index contributed by atoms with van der Waals surface area (Å²) >= 11 is 0. The van der Waals surface area contributed by atoms with Crippen LogP contribution in [0, 0.1) is 0 Å². The van der Waals surface area contributed by atoms with Crippen molar-refractivity contribution in [2.45, 2.75) is 43.7 Å². The van der Waals surface area contributed by atoms with E-state index >= 15 is 0 Å². The Bertz CT molecular complexity index is 566. The van der Waals surface area contributed by atoms with Crippen molar-refractivity contribution in [1.82, 2.24) is 10.6 Å². The molecule has 1 aromatic rings. The van der Waals surface area contributed by atoms with Gasteiger partial charge in [0.2, 0.25) is 5.91 Å². The van der Waals surface area contributed by atoms with Crippen LogP contribution in [0.2, 0.25) is 0 Å². The molecular weight excluding hydrogens is 268 g/mol. The number of carboxylic acids is 1. The lowest BCUT2D eigenvalue weighted by atomic mass is 9.73. The van der Waals surface area contributed by atoms with Gasteiger partial charge in [-0.2, -0.15) is 0 Å². The lowest BCUT2D eigenvalue weighted by Gasteiger charge is -2.42. The summed E-state index contributed by atoms with van der Waals surface area (Å²) in [5.41, 5.74) is 1.67. The molecule has 1 atom stereocenters. The first-order chi connectivity index (χ1) is 10.1. The SMILES string of the molecule is O=C(O)CC1(NC(=O)C2CNCc3ccccc32)CCC1. The number of carbonyl (C=O) groups excluding carboxylic acids is 1. The van der Waals surface area contributed by atoms with Crippen molar-refractivity contribution in [3.8, 4) is 0 Å². The van der Waals surface area contributed by atoms with Crippen molar-refractivity contribution in [3.05, 3.63) is 35.4 Å². The number of hydrogen-bond donors (Lipinski definition) is 3. The second kappa shape index (κ2) is 5.48. The fraction of sp³-hybridized carbons (Fsp3) is 0.500. The molecule has 1 aliphatic carbocycles. The normalized spacial score (nSPS) is 22.8. The van der Waals surface area contributed by atoms with Gasteiger partial charge in [-0.05, 0) is 30.4 Å². The highest BCUT2D eigenvalue weighted by molar-refractivity contribution is 5.86. The molecule has 1 aromatic carbocycles. The van der Waals surface area contributed by atoms with E-state index in [1.807, 2.05) is 24.3 Å². The summed E-state index contributed by atoms with van der Waals surface area (Å²) in [4.78, 5) is 23.6. The fourth-order valence-electron chi connectivity index (χ4n) is 3.32. The number of nitrogens with one attached hydrogen (secondary N) is 2. The summed E-state index contributed by atoms with van der Waals surface area (Å²) in [5.74, 6) is -1.14. The zero-order chi connectivity index (χ0) is 14.9. The zero-order valence-electron chi connectivity index (χ0n) is 11.9. The molecule has 1 unspecified atom stereocenters. The summed E-state index contributed by atoms with van der Waals surface area (Å²) in [6.07, 6.45) is 2.51. The average Bonchev–Trinajstić information content (AvgIpc) is 2.43. The first-order valence-corrected chi connectivity index (χ1v) is 7.42. The number of fused-ring (bicyclic) bond motifs is 1. The Hall–Kier alpha value is -1.88. The predicted molar refractivity (Wildman–Crippen MR) is 77.9 cm³/mol. The van der Waals surface area contributed by atoms with Crippen LogP contribution in [0.25, 0.3) is 0 Å². The largest absolute Gasteiger partial charge is 0.481 e. The van der Waals surface area contributed by atoms with E-state index < -0.39 is 11.5 Å². The minimum atomic E-state index is -0.850. The molecule has 112 valence electrons. The van der Waals surface area contributed by atoms with E-state index in [4.69, 9.17) is 5.11 Å². The van der Waals surface area contributed by atoms with Gasteiger partial charge in [-0.1, -0.05) is 24.3 Å². The number of hydrogen-bond acceptors (Lipinski definition) is 3. The van der Waals surface area contributed by atoms with Gasteiger partial charge in [0.1, 0.15) is 0 Å². The van der Waals surface area contributed by atoms with Crippen molar-refractivity contribution in [3.63, 3.8) is 0 Å². The van der Waals surface area contributed by atoms with Crippen LogP contribution in [0.4, 0.5) is 0 Å². The van der Waals surface area contributed by atoms with Gasteiger partial charge >= 0.3 is 5.97 Å². The van der Waals surface area contributed by atoms with E-state index in [0.29, 0.717) is 6.54 Å². The van der Waals surface area contributed by atoms with Gasteiger partial charge in [-0.3, -0.25) is 9.59 Å². The summed E-state index contributed by atoms with van der Waals surface area (Å²) in [5, 5.41) is 15.3. The average molecular weight is 288 g/mol. The second-order valence-corrected chi connectivity index (χ2v) is 6.08. The van der Waals surface area contributed by atoms with Crippen molar-refractivity contribution < 1.29 is 14.7 Å². The molecule has 0 radical (unpaired) electrons. The number of amides is 1. The van der Waals surface area contributed by atoms with Crippen molar-refractivity contribution in [2.24, 2.45) is 0 Å². The smallest absolute Gasteiger partial charge is 0.305 e. The number of rotatable bonds is 4. The van der Waals surface area contributed by atoms with Gasteiger partial charge in [0, 0.05) is 13.1 Å². The molecule has 2 aliphatic rings. The molecule has 0 spiro atoms. The van der Waals surface area contributed by atoms with Crippen LogP contribution in [0.3, 0.4) is 0 Å². The first kappa shape index (κ1) is 14.1. The number of benzene rings is 1. The molecule has 5 nitrogen and oxygen atoms in total. The minimum Gasteiger partial charge on any atom is -0.481 e. The van der Waals surface area contributed by atoms with Crippen LogP contribution < -0.4 is 10.6 Å². The van der Waals surface area contributed by atoms with Gasteiger partial charge in [-0.25, -0.2) is 0 Å². The Morgan fingerprint density at radius 1 is 1.33 bits per heavy atom. The topological polar surface area (TPSA) is 78.4 Å². The maximum Gasteiger partial charge on any atom is 0.305 e. The van der Waals surface area contributed by atoms with Crippen molar-refractivity contribution >= 4 is 11.9 Å². The molecule has 1 fully saturated rings. The quantitative estimate of drug-likeness (QED) is 0.782. The van der Waals surface area contributed by atoms with E-state index in [0.717, 1.165) is 36.9 Å². The standard InChI is InChI=1S/C16H20N2O3/c19-14(20)8-16(6-3-7-16)18-15(21)13-10-17-9-11-4-1-2-5-12(11)13/h1-2,4-5,13,17H,3,6-10H2,(H,18,21)(H,19,20). The molecule has 0 aromatic heterocycles. The molecule has 1 amide bonds. The first-order valence-electron chi connectivity index (χ1n) is 7.42. The van der Waals surface area contributed by atoms with E-state index in [-0.39, 0.29) is 18.2 Å². The third-order valence-corrected chi connectivity index (χ3v) is 4.60. The third-order valence-electron chi connectivity index (χ3n) is 4.60. The van der Waals surface area contributed by atoms with Gasteiger partial charge in [0.05, 0.1) is 17.9 Å². The number of aliphatic carboxylic acids is 1. The van der Waals surface area contributed by atoms with Crippen LogP contribution in [0.5, 0.6) is 0 Å². The van der Waals surface area contributed by atoms with E-state index in [1.165, 1.54) is 0 Å². The van der Waals surface area contributed by atoms with Crippen LogP contribution in [-0.2, 0) is 16.1 Å². The molecule has 1 aliphatic heterocycles. The highest BCUT2D eigenvalue weighted by Crippen LogP contribution is 2.36. The second-order valence-electron chi connectivity index (χ2n) is 6.08. The van der Waals surface area contributed by atoms with Crippen LogP contribution >= 0.6 is 0 Å². The molecule has 1 saturated carbocycles. The van der Waals surface area contributed by atoms with Crippen LogP contribution in [0.15, 0.2) is 24.3 Å². The highest BCUT2D eigenvalue weighted by atomic mass is 16.4. The van der Waals surface area contributed by atoms with Crippen LogP contribution in [-0.4, -0.2) is 29.1 Å². The molecule has 3 N–H and O–H groups in total. The maximum absolute atomic E-state index is 12.6. The number of carboxylic acid groups (broad SMARTS) is 1. The van der Waals surface area contributed by atoms with Crippen molar-refractivity contribution in [2.75, 3.05) is 6.54 Å². The minimum absolute atomic E-state index is 0.0144. The van der Waals surface area contributed by atoms with Crippen LogP contribution in [0.1, 0.15) is 42.7 Å². The Kier molecular flexibility index (Phi) is 3.68. The molecule has 1 heterocycles. The summed E-state index contributed by atoms with van der Waals surface area (Å²) in [6.45, 7) is 1.38. The molecule has 3 rings (SSSR count). The summed E-state index contributed by atoms with van der Waals surface area (Å²) < 4.78 is 0. The molecule has 5 heteroatoms. The Balaban J connectivity index is 1.76. The van der Waals surface area contributed by atoms with E-state index in [1.54, 1.807) is 0 Å². The fourth-order valence-corrected chi connectivity index (χ4v) is 3.32. The zero-order valence-corrected chi connectivity index (χ0v) is 11.9. The van der Waals surface area contributed by atoms with E-state index in [9.17, 15) is 9.59 Å². The number of carbonyl (C=O) groups is 2. The predicted octanol–water partition coefficient (Wildman–Crippen LogP) is 1.39. The van der Waals surface area contributed by atoms with E-state index in [2.05, 4.69) is 10.6 Å². The van der Waals surface area contributed by atoms with Gasteiger partial charge in [0.25, 0.3) is 0 Å². The lowest BCUT2D eigenvalue weighted by molar-refractivity contribution is -0.140. The third kappa shape index (κ3) is 2.78. The molecule has 21 heavy (non-hydrogen) atoms. The van der Waals surface area contributed by atoms with Gasteiger partial charge in [-0.15, -0.1) is 0 Å². The van der Waals surface area contributed by atoms with Gasteiger partial charge in [0.15, 0.2) is 0 Å². The molecule has 0 bridgehead atoms. The maximum atomic E-state index is 12.6. The Morgan fingerprint density at radius 2 is 2.10 bits per heavy atom. The summed E-state index contributed by atoms with van der Waals surface area (Å²) in [6, 6.07) is 7.93. The molecular formula is C16H20N2O3. The monoisotopic (exact) mass is 288 g/mol. The Labute approximate surface area is 123 Å². The van der Waals surface area contributed by atoms with Crippen molar-refractivity contribution in [1.29, 1.82) is 0 Å². The lowest BCUT2D eigenvalue weighted by Crippen LogP contribution is -2.56. The summed E-state index contributed by atoms with van der Waals surface area (Å²) in [7, 11) is 0. The highest BCUT2D eigenvalue weighted by Gasteiger charge is 2.42.